The molecule has 0 aliphatic carbocycles. The summed E-state index contributed by atoms with van der Waals surface area (Å²) in [6, 6.07) is -0.386. The highest BCUT2D eigenvalue weighted by Crippen LogP contribution is 2.18. The van der Waals surface area contributed by atoms with E-state index in [4.69, 9.17) is 4.74 Å². The molecule has 0 aromatic rings. The molecule has 0 unspecified atom stereocenters. The van der Waals surface area contributed by atoms with E-state index in [-0.39, 0.29) is 24.6 Å². The smallest absolute Gasteiger partial charge is 0.407 e. The highest BCUT2D eigenvalue weighted by Gasteiger charge is 2.34. The Morgan fingerprint density at radius 3 is 1.96 bits per heavy atom. The van der Waals surface area contributed by atoms with E-state index >= 15 is 0 Å². The Kier molecular flexibility index (Phi) is 8.04. The van der Waals surface area contributed by atoms with Gasteiger partial charge in [0, 0.05) is 13.5 Å². The van der Waals surface area contributed by atoms with Crippen molar-refractivity contribution in [3.8, 4) is 0 Å². The van der Waals surface area contributed by atoms with Crippen LogP contribution in [0.2, 0.25) is 0 Å². The van der Waals surface area contributed by atoms with E-state index in [0.29, 0.717) is 18.4 Å². The van der Waals surface area contributed by atoms with Crippen LogP contribution in [0.3, 0.4) is 0 Å². The minimum Gasteiger partial charge on any atom is -0.444 e. The molecular weight excluding hydrogens is 296 g/mol. The third kappa shape index (κ3) is 11.0. The van der Waals surface area contributed by atoms with E-state index < -0.39 is 11.7 Å². The Labute approximate surface area is 140 Å². The third-order valence-corrected chi connectivity index (χ3v) is 2.75. The van der Waals surface area contributed by atoms with Gasteiger partial charge in [-0.2, -0.15) is 0 Å². The number of likely N-dealkylation sites (tertiary alicyclic amines) is 1. The van der Waals surface area contributed by atoms with Gasteiger partial charge in [-0.15, -0.1) is 0 Å². The van der Waals surface area contributed by atoms with E-state index in [2.05, 4.69) is 33.0 Å². The van der Waals surface area contributed by atoms with Gasteiger partial charge in [0.2, 0.25) is 5.91 Å². The molecule has 0 aromatic carbocycles. The maximum Gasteiger partial charge on any atom is 0.407 e. The number of hydrogen-bond donors (Lipinski definition) is 2. The summed E-state index contributed by atoms with van der Waals surface area (Å²) in [4.78, 5) is 24.5. The second-order valence-corrected chi connectivity index (χ2v) is 8.59. The molecule has 1 saturated heterocycles. The summed E-state index contributed by atoms with van der Waals surface area (Å²) >= 11 is 0. The normalized spacial score (nSPS) is 21.3. The SMILES string of the molecule is CC(=O)N1C[C@@H](NC(=O)OC(C)(C)C)C[C@H]1CO.CC(C)(C)C. The van der Waals surface area contributed by atoms with Crippen molar-refractivity contribution in [2.24, 2.45) is 5.41 Å². The summed E-state index contributed by atoms with van der Waals surface area (Å²) in [6.45, 7) is 15.9. The number of amides is 2. The fraction of sp³-hybridized carbons (Fsp3) is 0.882. The average Bonchev–Trinajstić information content (AvgIpc) is 2.67. The lowest BCUT2D eigenvalue weighted by molar-refractivity contribution is -0.130. The van der Waals surface area contributed by atoms with Crippen molar-refractivity contribution in [1.29, 1.82) is 0 Å². The summed E-state index contributed by atoms with van der Waals surface area (Å²) in [5.74, 6) is -0.0949. The summed E-state index contributed by atoms with van der Waals surface area (Å²) in [7, 11) is 0. The van der Waals surface area contributed by atoms with E-state index in [1.165, 1.54) is 6.92 Å². The van der Waals surface area contributed by atoms with Gasteiger partial charge in [-0.1, -0.05) is 27.7 Å². The molecule has 6 nitrogen and oxygen atoms in total. The molecule has 1 heterocycles. The third-order valence-electron chi connectivity index (χ3n) is 2.75. The van der Waals surface area contributed by atoms with Gasteiger partial charge in [0.05, 0.1) is 18.7 Å². The number of nitrogens with one attached hydrogen (secondary N) is 1. The summed E-state index contributed by atoms with van der Waals surface area (Å²) in [6.07, 6.45) is 0.0598. The van der Waals surface area contributed by atoms with Crippen LogP contribution >= 0.6 is 0 Å². The molecule has 1 aliphatic heterocycles. The van der Waals surface area contributed by atoms with Crippen LogP contribution in [0.5, 0.6) is 0 Å². The van der Waals surface area contributed by atoms with Crippen LogP contribution < -0.4 is 5.32 Å². The van der Waals surface area contributed by atoms with Crippen LogP contribution in [0.25, 0.3) is 0 Å². The molecule has 0 bridgehead atoms. The van der Waals surface area contributed by atoms with Crippen LogP contribution in [0.1, 0.15) is 61.8 Å². The largest absolute Gasteiger partial charge is 0.444 e. The van der Waals surface area contributed by atoms with E-state index in [1.807, 2.05) is 0 Å². The Hall–Kier alpha value is -1.30. The average molecular weight is 330 g/mol. The number of rotatable bonds is 2. The molecule has 0 spiro atoms. The number of ether oxygens (including phenoxy) is 1. The first kappa shape index (κ1) is 21.7. The molecule has 0 aromatic heterocycles. The maximum atomic E-state index is 11.6. The van der Waals surface area contributed by atoms with Crippen molar-refractivity contribution < 1.29 is 19.4 Å². The van der Waals surface area contributed by atoms with Crippen molar-refractivity contribution in [1.82, 2.24) is 10.2 Å². The predicted molar refractivity (Wildman–Crippen MR) is 91.2 cm³/mol. The molecule has 2 atom stereocenters. The molecule has 23 heavy (non-hydrogen) atoms. The van der Waals surface area contributed by atoms with Gasteiger partial charge in [-0.3, -0.25) is 4.79 Å². The highest BCUT2D eigenvalue weighted by molar-refractivity contribution is 5.74. The van der Waals surface area contributed by atoms with Gasteiger partial charge in [0.1, 0.15) is 5.60 Å². The second-order valence-electron chi connectivity index (χ2n) is 8.59. The van der Waals surface area contributed by atoms with Gasteiger partial charge >= 0.3 is 6.09 Å². The molecule has 1 aliphatic rings. The van der Waals surface area contributed by atoms with E-state index in [0.717, 1.165) is 0 Å². The van der Waals surface area contributed by atoms with Crippen molar-refractivity contribution in [3.05, 3.63) is 0 Å². The monoisotopic (exact) mass is 330 g/mol. The molecule has 1 fully saturated rings. The topological polar surface area (TPSA) is 78.9 Å². The second kappa shape index (κ2) is 8.52. The quantitative estimate of drug-likeness (QED) is 0.815. The standard InChI is InChI=1S/C12H22N2O4.C5H12/c1-8(16)14-6-9(5-10(14)7-15)13-11(17)18-12(2,3)4;1-5(2,3)4/h9-10,15H,5-7H2,1-4H3,(H,13,17);1-4H3/t9-,10-;/m0./s1. The number of aliphatic hydroxyl groups excluding tert-OH is 1. The van der Waals surface area contributed by atoms with Gasteiger partial charge in [-0.25, -0.2) is 4.79 Å². The van der Waals surface area contributed by atoms with Crippen LogP contribution in [-0.4, -0.2) is 52.8 Å². The van der Waals surface area contributed by atoms with E-state index in [1.54, 1.807) is 25.7 Å². The lowest BCUT2D eigenvalue weighted by Gasteiger charge is -2.22. The first-order valence-electron chi connectivity index (χ1n) is 8.10. The van der Waals surface area contributed by atoms with Gasteiger partial charge in [0.15, 0.2) is 0 Å². The Morgan fingerprint density at radius 2 is 1.65 bits per heavy atom. The zero-order valence-electron chi connectivity index (χ0n) is 15.9. The van der Waals surface area contributed by atoms with Crippen molar-refractivity contribution in [2.75, 3.05) is 13.2 Å². The first-order chi connectivity index (χ1) is 10.2. The van der Waals surface area contributed by atoms with Gasteiger partial charge in [-0.05, 0) is 32.6 Å². The van der Waals surface area contributed by atoms with E-state index in [9.17, 15) is 14.7 Å². The van der Waals surface area contributed by atoms with Crippen molar-refractivity contribution in [3.63, 3.8) is 0 Å². The summed E-state index contributed by atoms with van der Waals surface area (Å²) in [5, 5.41) is 11.9. The summed E-state index contributed by atoms with van der Waals surface area (Å²) in [5.41, 5.74) is -0.0423. The number of carbonyl (C=O) groups is 2. The molecule has 0 saturated carbocycles. The zero-order chi connectivity index (χ0) is 18.4. The number of hydrogen-bond acceptors (Lipinski definition) is 4. The maximum absolute atomic E-state index is 11.6. The molecular formula is C17H34N2O4. The van der Waals surface area contributed by atoms with Crippen LogP contribution in [0.4, 0.5) is 4.79 Å². The fourth-order valence-corrected chi connectivity index (χ4v) is 2.05. The van der Waals surface area contributed by atoms with Gasteiger partial charge < -0.3 is 20.1 Å². The number of carbonyl (C=O) groups excluding carboxylic acids is 2. The van der Waals surface area contributed by atoms with Crippen LogP contribution in [0.15, 0.2) is 0 Å². The van der Waals surface area contributed by atoms with Gasteiger partial charge in [0.25, 0.3) is 0 Å². The predicted octanol–water partition coefficient (Wildman–Crippen LogP) is 2.55. The first-order valence-corrected chi connectivity index (χ1v) is 8.10. The molecule has 136 valence electrons. The molecule has 2 N–H and O–H groups in total. The Balaban J connectivity index is 0.000000841. The Morgan fingerprint density at radius 1 is 1.17 bits per heavy atom. The number of nitrogens with zero attached hydrogens (tertiary/aromatic N) is 1. The molecule has 2 amide bonds. The fourth-order valence-electron chi connectivity index (χ4n) is 2.05. The molecule has 1 rings (SSSR count). The number of alkyl carbamates (subject to hydrolysis) is 1. The molecule has 6 heteroatoms. The highest BCUT2D eigenvalue weighted by atomic mass is 16.6. The van der Waals surface area contributed by atoms with Crippen LogP contribution in [0, 0.1) is 5.41 Å². The summed E-state index contributed by atoms with van der Waals surface area (Å²) < 4.78 is 5.15. The minimum atomic E-state index is -0.542. The van der Waals surface area contributed by atoms with Crippen LogP contribution in [-0.2, 0) is 9.53 Å². The lowest BCUT2D eigenvalue weighted by Crippen LogP contribution is -2.41. The number of aliphatic hydroxyl groups is 1. The minimum absolute atomic E-state index is 0.0912. The lowest BCUT2D eigenvalue weighted by atomic mass is 10.0. The Bertz CT molecular complexity index is 390. The zero-order valence-corrected chi connectivity index (χ0v) is 15.9. The van der Waals surface area contributed by atoms with Crippen molar-refractivity contribution >= 4 is 12.0 Å². The van der Waals surface area contributed by atoms with Crippen molar-refractivity contribution in [2.45, 2.75) is 79.5 Å². The molecule has 0 radical (unpaired) electrons.